The van der Waals surface area contributed by atoms with Crippen LogP contribution in [0.1, 0.15) is 135 Å². The standard InChI is InChI=1S/C76H110N6O25S2/c1-46-34-54-12-14-58-47(2)35-56(99-58)18-20-76-40-63-69(105-76)70-71(104-63)72(106-76)68-59(103-70)15-13-55(101-68)36-52(83)37-57-61(39-60(100-54)48(46)3)102-62(67(57)90-6)38-53(84)41-77-73(88)97-43-49-8-10-51(11-9-49)81(74(89)98-45-75(4,5)109-108-7)22-25-93-28-31-94-30-27-92-24-21-80-42-50(78-79-80)44-96-33-32-95-29-26-91-23-19-66(87)107-82-64(85)16-17-65(82)86/h8-11,42,46,53-63,67-72,84H,2-3,12-41,43-45H2,1,4-7H3,(H,77,88)/t46-,53+,54+,55-,56+,57+,58+,59+,60-,61+,62-,63-,67-,68+,69+,70+,71-,72+,76+/m1/s1. The normalized spacial score (nSPS) is 31.9. The molecule has 109 heavy (non-hydrogen) atoms. The fourth-order valence-corrected chi connectivity index (χ4v) is 18.3. The van der Waals surface area contributed by atoms with Crippen molar-refractivity contribution >= 4 is 63.0 Å². The molecule has 1 aromatic heterocycles. The first-order chi connectivity index (χ1) is 52.7. The number of ketones is 1. The summed E-state index contributed by atoms with van der Waals surface area (Å²) in [7, 11) is 4.80. The molecule has 2 aromatic rings. The van der Waals surface area contributed by atoms with Crippen molar-refractivity contribution in [1.82, 2.24) is 25.4 Å². The molecule has 606 valence electrons. The highest BCUT2D eigenvalue weighted by molar-refractivity contribution is 8.77. The van der Waals surface area contributed by atoms with Gasteiger partial charge in [-0.15, -0.1) is 10.2 Å². The molecule has 11 aliphatic rings. The zero-order valence-electron chi connectivity index (χ0n) is 63.3. The van der Waals surface area contributed by atoms with E-state index in [0.29, 0.717) is 100 Å². The Balaban J connectivity index is 0.557. The summed E-state index contributed by atoms with van der Waals surface area (Å²) < 4.78 is 108. The minimum Gasteiger partial charge on any atom is -0.448 e. The average Bonchev–Trinajstić information content (AvgIpc) is 1.55. The number of imide groups is 1. The molecule has 11 fully saturated rings. The Morgan fingerprint density at radius 3 is 2.16 bits per heavy atom. The van der Waals surface area contributed by atoms with Gasteiger partial charge in [-0.2, -0.15) is 0 Å². The summed E-state index contributed by atoms with van der Waals surface area (Å²) in [6.07, 6.45) is 4.05. The summed E-state index contributed by atoms with van der Waals surface area (Å²) in [5, 5.41) is 23.1. The van der Waals surface area contributed by atoms with Crippen LogP contribution in [-0.4, -0.2) is 275 Å². The number of fused-ring (bicyclic) bond motifs is 6. The number of benzene rings is 1. The van der Waals surface area contributed by atoms with Crippen molar-refractivity contribution in [2.24, 2.45) is 11.8 Å². The molecule has 0 saturated carbocycles. The van der Waals surface area contributed by atoms with E-state index in [1.165, 1.54) is 4.90 Å². The van der Waals surface area contributed by atoms with Crippen molar-refractivity contribution in [1.29, 1.82) is 0 Å². The lowest BCUT2D eigenvalue weighted by Gasteiger charge is -2.47. The zero-order valence-corrected chi connectivity index (χ0v) is 65.0. The molecule has 1 spiro atoms. The number of nitrogens with one attached hydrogen (secondary N) is 1. The summed E-state index contributed by atoms with van der Waals surface area (Å²) in [6, 6.07) is 7.01. The van der Waals surface area contributed by atoms with Gasteiger partial charge in [-0.05, 0) is 99.8 Å². The molecule has 33 heteroatoms. The van der Waals surface area contributed by atoms with E-state index in [4.69, 9.17) is 85.4 Å². The predicted octanol–water partition coefficient (Wildman–Crippen LogP) is 7.03. The number of hydroxylamine groups is 2. The lowest BCUT2D eigenvalue weighted by Crippen LogP contribution is -2.61. The molecular formula is C76H110N6O25S2. The van der Waals surface area contributed by atoms with Gasteiger partial charge < -0.3 is 95.8 Å². The number of ether oxygens (including phenoxy) is 17. The Morgan fingerprint density at radius 2 is 1.40 bits per heavy atom. The van der Waals surface area contributed by atoms with Gasteiger partial charge in [0.05, 0.1) is 177 Å². The number of hydrogen-bond donors (Lipinski definition) is 2. The Morgan fingerprint density at radius 1 is 0.725 bits per heavy atom. The molecule has 12 heterocycles. The second kappa shape index (κ2) is 39.7. The molecule has 0 unspecified atom stereocenters. The van der Waals surface area contributed by atoms with Gasteiger partial charge in [-0.1, -0.05) is 59.0 Å². The number of aliphatic hydroxyl groups is 1. The average molecular weight is 1570 g/mol. The lowest BCUT2D eigenvalue weighted by molar-refractivity contribution is -0.292. The molecular weight excluding hydrogens is 1460 g/mol. The molecule has 0 aliphatic carbocycles. The number of nitrogens with zero attached hydrogens (tertiary/aromatic N) is 5. The maximum Gasteiger partial charge on any atom is 0.414 e. The van der Waals surface area contributed by atoms with E-state index in [1.807, 2.05) is 20.1 Å². The number of aliphatic hydroxyl groups excluding tert-OH is 1. The van der Waals surface area contributed by atoms with Gasteiger partial charge in [-0.25, -0.2) is 19.1 Å². The van der Waals surface area contributed by atoms with Crippen LogP contribution in [0.4, 0.5) is 15.3 Å². The number of hydrogen-bond acceptors (Lipinski definition) is 29. The topological polar surface area (TPSA) is 338 Å². The van der Waals surface area contributed by atoms with Gasteiger partial charge in [0, 0.05) is 76.6 Å². The van der Waals surface area contributed by atoms with Crippen LogP contribution < -0.4 is 10.2 Å². The molecule has 2 N–H and O–H groups in total. The monoisotopic (exact) mass is 1570 g/mol. The minimum atomic E-state index is -1.07. The van der Waals surface area contributed by atoms with E-state index in [-0.39, 0.29) is 182 Å². The summed E-state index contributed by atoms with van der Waals surface area (Å²) in [5.41, 5.74) is 3.91. The van der Waals surface area contributed by atoms with Crippen molar-refractivity contribution < 1.29 is 119 Å². The van der Waals surface area contributed by atoms with Gasteiger partial charge in [-0.3, -0.25) is 19.3 Å². The van der Waals surface area contributed by atoms with Gasteiger partial charge in [0.2, 0.25) is 0 Å². The maximum atomic E-state index is 14.6. The van der Waals surface area contributed by atoms with Crippen LogP contribution >= 0.6 is 21.6 Å². The van der Waals surface area contributed by atoms with Crippen LogP contribution in [0.5, 0.6) is 0 Å². The number of carbonyl (C=O) groups excluding carboxylic acids is 6. The summed E-state index contributed by atoms with van der Waals surface area (Å²) >= 11 is 0. The number of rotatable bonds is 36. The molecule has 12 bridgehead atoms. The van der Waals surface area contributed by atoms with Crippen LogP contribution in [-0.2, 0) is 124 Å². The molecule has 1 aromatic carbocycles. The number of aromatic nitrogens is 3. The number of amides is 4. The van der Waals surface area contributed by atoms with Crippen LogP contribution in [0, 0.1) is 11.8 Å². The minimum absolute atomic E-state index is 0.0117. The fourth-order valence-electron chi connectivity index (χ4n) is 16.3. The number of Topliss-reactive ketones (excluding diaryl/α,β-unsaturated/α-hetero) is 1. The van der Waals surface area contributed by atoms with Crippen molar-refractivity contribution in [2.75, 3.05) is 111 Å². The van der Waals surface area contributed by atoms with Crippen LogP contribution in [0.15, 0.2) is 54.8 Å². The van der Waals surface area contributed by atoms with Crippen LogP contribution in [0.25, 0.3) is 0 Å². The third-order valence-corrected chi connectivity index (χ3v) is 24.4. The Bertz CT molecular complexity index is 3360. The zero-order chi connectivity index (χ0) is 76.6. The molecule has 11 saturated heterocycles. The molecule has 19 atom stereocenters. The van der Waals surface area contributed by atoms with Gasteiger partial charge >= 0.3 is 18.2 Å². The smallest absolute Gasteiger partial charge is 0.414 e. The largest absolute Gasteiger partial charge is 0.448 e. The van der Waals surface area contributed by atoms with E-state index in [1.54, 1.807) is 63.8 Å². The molecule has 11 aliphatic heterocycles. The summed E-state index contributed by atoms with van der Waals surface area (Å²) in [6.45, 7) is 19.0. The third-order valence-electron chi connectivity index (χ3n) is 21.8. The second-order valence-corrected chi connectivity index (χ2v) is 33.5. The fraction of sp³-hybridized carbons (Fsp3) is 0.763. The molecule has 4 amide bonds. The number of anilines is 1. The lowest BCUT2D eigenvalue weighted by atomic mass is 9.81. The van der Waals surface area contributed by atoms with Crippen LogP contribution in [0.3, 0.4) is 0 Å². The summed E-state index contributed by atoms with van der Waals surface area (Å²) in [5.74, 6) is -2.86. The predicted molar refractivity (Wildman–Crippen MR) is 391 cm³/mol. The van der Waals surface area contributed by atoms with E-state index < -0.39 is 78.3 Å². The van der Waals surface area contributed by atoms with Crippen molar-refractivity contribution in [3.63, 3.8) is 0 Å². The number of alkyl carbamates (subject to hydrolysis) is 1. The molecule has 0 radical (unpaired) electrons. The van der Waals surface area contributed by atoms with E-state index >= 15 is 0 Å². The highest BCUT2D eigenvalue weighted by atomic mass is 33.1. The van der Waals surface area contributed by atoms with Gasteiger partial charge in [0.25, 0.3) is 11.8 Å². The first-order valence-electron chi connectivity index (χ1n) is 38.6. The SMILES string of the molecule is C=C1C[C@@H]2CC[C@@]34C[C@H]5O[C@H]6[C@@H](O3)[C@H]3O[C@H](CC[C@@H]3O[C@H]6[C@H]5O4)CC(=O)C[C@@H]3[C@@H](OC)[C@@H](C[C@H](O)CNC(=O)OCc4ccc(N(CCOCCOCCOCCn5cc(COCCOCCOCCC(=O)ON6C(=O)CCC6=O)nn5)C(=O)OCC(C)(C)SSC)cc4)O[C@H]3C[C@H]3O[C@@H](CC[C@@H]1O2)C[C@@H](C)C3=C. The summed E-state index contributed by atoms with van der Waals surface area (Å²) in [4.78, 5) is 82.9. The van der Waals surface area contributed by atoms with Crippen molar-refractivity contribution in [3.05, 3.63) is 66.0 Å². The van der Waals surface area contributed by atoms with Crippen LogP contribution in [0.2, 0.25) is 0 Å². The highest BCUT2D eigenvalue weighted by Gasteiger charge is 2.69. The van der Waals surface area contributed by atoms with Gasteiger partial charge in [0.15, 0.2) is 5.79 Å². The first kappa shape index (κ1) is 83.2. The molecule has 31 nitrogen and oxygen atoms in total. The van der Waals surface area contributed by atoms with E-state index in [0.717, 1.165) is 43.3 Å². The van der Waals surface area contributed by atoms with E-state index in [9.17, 15) is 33.9 Å². The van der Waals surface area contributed by atoms with E-state index in [2.05, 4.69) is 35.7 Å². The first-order valence-corrected chi connectivity index (χ1v) is 41.2. The van der Waals surface area contributed by atoms with Crippen molar-refractivity contribution in [2.45, 2.75) is 251 Å². The van der Waals surface area contributed by atoms with Gasteiger partial charge in [0.1, 0.15) is 55.2 Å². The number of methoxy groups -OCH3 is 1. The Labute approximate surface area is 644 Å². The highest BCUT2D eigenvalue weighted by Crippen LogP contribution is 2.55. The molecule has 13 rings (SSSR count). The Kier molecular flexibility index (Phi) is 30.3. The maximum absolute atomic E-state index is 14.6. The van der Waals surface area contributed by atoms with Crippen molar-refractivity contribution in [3.8, 4) is 0 Å². The second-order valence-electron chi connectivity index (χ2n) is 30.4. The number of carbonyl (C=O) groups is 6. The Hall–Kier alpha value is -5.28. The quantitative estimate of drug-likeness (QED) is 0.0299. The third kappa shape index (κ3) is 22.6.